The summed E-state index contributed by atoms with van der Waals surface area (Å²) in [5, 5.41) is 3.25. The molecule has 1 atom stereocenters. The van der Waals surface area contributed by atoms with E-state index in [2.05, 4.69) is 15.3 Å². The molecule has 1 aromatic carbocycles. The summed E-state index contributed by atoms with van der Waals surface area (Å²) < 4.78 is 32.8. The van der Waals surface area contributed by atoms with E-state index in [1.807, 2.05) is 0 Å². The highest BCUT2D eigenvalue weighted by Gasteiger charge is 2.19. The monoisotopic (exact) mass is 279 g/mol. The molecule has 0 amide bonds. The molecular weight excluding hydrogens is 264 g/mol. The van der Waals surface area contributed by atoms with E-state index < -0.39 is 11.6 Å². The average Bonchev–Trinajstić information content (AvgIpc) is 2.93. The zero-order valence-corrected chi connectivity index (χ0v) is 11.0. The Bertz CT molecular complexity index is 621. The Hall–Kier alpha value is -1.79. The molecule has 0 aliphatic carbocycles. The van der Waals surface area contributed by atoms with Crippen molar-refractivity contribution in [3.8, 4) is 11.3 Å². The molecule has 0 spiro atoms. The molecule has 1 aromatic heterocycles. The van der Waals surface area contributed by atoms with Gasteiger partial charge in [0.25, 0.3) is 0 Å². The lowest BCUT2D eigenvalue weighted by Crippen LogP contribution is -2.35. The Kier molecular flexibility index (Phi) is 3.50. The number of nitrogens with one attached hydrogen (secondary N) is 2. The number of benzene rings is 1. The fourth-order valence-electron chi connectivity index (χ4n) is 2.24. The number of aromatic nitrogens is 2. The molecule has 4 nitrogen and oxygen atoms in total. The second-order valence-electron chi connectivity index (χ2n) is 4.84. The van der Waals surface area contributed by atoms with E-state index in [1.54, 1.807) is 0 Å². The number of nitrogens with zero attached hydrogens (tertiary/aromatic N) is 1. The summed E-state index contributed by atoms with van der Waals surface area (Å²) in [6.07, 6.45) is 1.51. The lowest BCUT2D eigenvalue weighted by molar-refractivity contribution is 0.0745. The molecule has 2 heterocycles. The first-order valence-electron chi connectivity index (χ1n) is 6.47. The predicted molar refractivity (Wildman–Crippen MR) is 70.2 cm³/mol. The number of ether oxygens (including phenoxy) is 1. The fourth-order valence-corrected chi connectivity index (χ4v) is 2.24. The number of hydrogen-bond acceptors (Lipinski definition) is 3. The van der Waals surface area contributed by atoms with Crippen LogP contribution in [0.4, 0.5) is 8.78 Å². The molecule has 1 saturated heterocycles. The van der Waals surface area contributed by atoms with Gasteiger partial charge < -0.3 is 15.0 Å². The Morgan fingerprint density at radius 3 is 2.90 bits per heavy atom. The minimum absolute atomic E-state index is 0.0455. The molecule has 1 unspecified atom stereocenters. The highest BCUT2D eigenvalue weighted by Crippen LogP contribution is 2.25. The SMILES string of the molecule is Cc1cc(F)c(-c2cnc(C3COCCN3)[nH]2)cc1F. The zero-order chi connectivity index (χ0) is 14.1. The van der Waals surface area contributed by atoms with E-state index in [1.165, 1.54) is 25.3 Å². The van der Waals surface area contributed by atoms with Crippen molar-refractivity contribution in [2.24, 2.45) is 0 Å². The van der Waals surface area contributed by atoms with Gasteiger partial charge in [-0.1, -0.05) is 0 Å². The maximum atomic E-state index is 13.9. The highest BCUT2D eigenvalue weighted by atomic mass is 19.1. The van der Waals surface area contributed by atoms with Crippen molar-refractivity contribution in [3.63, 3.8) is 0 Å². The van der Waals surface area contributed by atoms with E-state index in [4.69, 9.17) is 4.74 Å². The number of halogens is 2. The van der Waals surface area contributed by atoms with Gasteiger partial charge in [-0.3, -0.25) is 0 Å². The number of morpholine rings is 1. The van der Waals surface area contributed by atoms with E-state index in [-0.39, 0.29) is 17.2 Å². The summed E-state index contributed by atoms with van der Waals surface area (Å²) in [5.41, 5.74) is 0.931. The summed E-state index contributed by atoms with van der Waals surface area (Å²) in [6.45, 7) is 3.46. The normalized spacial score (nSPS) is 19.2. The first-order chi connectivity index (χ1) is 9.65. The van der Waals surface area contributed by atoms with Crippen LogP contribution in [0.5, 0.6) is 0 Å². The number of H-pyrrole nitrogens is 1. The van der Waals surface area contributed by atoms with Gasteiger partial charge in [-0.15, -0.1) is 0 Å². The first kappa shape index (κ1) is 13.2. The van der Waals surface area contributed by atoms with Crippen LogP contribution < -0.4 is 5.32 Å². The molecule has 1 aliphatic heterocycles. The molecule has 3 rings (SSSR count). The summed E-state index contributed by atoms with van der Waals surface area (Å²) in [5.74, 6) is -0.233. The number of hydrogen-bond donors (Lipinski definition) is 2. The van der Waals surface area contributed by atoms with E-state index in [0.717, 1.165) is 6.54 Å². The third-order valence-corrected chi connectivity index (χ3v) is 3.39. The van der Waals surface area contributed by atoms with Crippen LogP contribution in [0.15, 0.2) is 18.3 Å². The van der Waals surface area contributed by atoms with Gasteiger partial charge >= 0.3 is 0 Å². The Balaban J connectivity index is 1.91. The topological polar surface area (TPSA) is 49.9 Å². The van der Waals surface area contributed by atoms with Crippen LogP contribution in [-0.2, 0) is 4.74 Å². The van der Waals surface area contributed by atoms with Crippen molar-refractivity contribution in [3.05, 3.63) is 41.4 Å². The second kappa shape index (κ2) is 5.30. The molecule has 0 saturated carbocycles. The van der Waals surface area contributed by atoms with Gasteiger partial charge in [-0.25, -0.2) is 13.8 Å². The summed E-state index contributed by atoms with van der Waals surface area (Å²) in [7, 11) is 0. The Morgan fingerprint density at radius 2 is 2.15 bits per heavy atom. The molecule has 2 aromatic rings. The van der Waals surface area contributed by atoms with Crippen LogP contribution in [0.25, 0.3) is 11.3 Å². The maximum Gasteiger partial charge on any atom is 0.133 e. The Morgan fingerprint density at radius 1 is 1.30 bits per heavy atom. The molecule has 0 bridgehead atoms. The lowest BCUT2D eigenvalue weighted by Gasteiger charge is -2.21. The van der Waals surface area contributed by atoms with Gasteiger partial charge in [0.05, 0.1) is 31.1 Å². The third-order valence-electron chi connectivity index (χ3n) is 3.39. The van der Waals surface area contributed by atoms with Crippen LogP contribution >= 0.6 is 0 Å². The summed E-state index contributed by atoms with van der Waals surface area (Å²) in [6, 6.07) is 2.33. The van der Waals surface area contributed by atoms with Crippen LogP contribution in [0.2, 0.25) is 0 Å². The average molecular weight is 279 g/mol. The van der Waals surface area contributed by atoms with E-state index in [9.17, 15) is 8.78 Å². The van der Waals surface area contributed by atoms with Crippen molar-refractivity contribution in [1.29, 1.82) is 0 Å². The van der Waals surface area contributed by atoms with Gasteiger partial charge in [-0.2, -0.15) is 0 Å². The largest absolute Gasteiger partial charge is 0.378 e. The van der Waals surface area contributed by atoms with Gasteiger partial charge in [0.15, 0.2) is 0 Å². The van der Waals surface area contributed by atoms with Gasteiger partial charge in [0.1, 0.15) is 17.5 Å². The molecular formula is C14H15F2N3O. The van der Waals surface area contributed by atoms with Crippen molar-refractivity contribution in [2.75, 3.05) is 19.8 Å². The molecule has 6 heteroatoms. The fraction of sp³-hybridized carbons (Fsp3) is 0.357. The van der Waals surface area contributed by atoms with Crippen LogP contribution in [0, 0.1) is 18.6 Å². The quantitative estimate of drug-likeness (QED) is 0.887. The summed E-state index contributed by atoms with van der Waals surface area (Å²) >= 11 is 0. The van der Waals surface area contributed by atoms with Gasteiger partial charge in [-0.05, 0) is 24.6 Å². The van der Waals surface area contributed by atoms with Crippen molar-refractivity contribution >= 4 is 0 Å². The molecule has 106 valence electrons. The van der Waals surface area contributed by atoms with Gasteiger partial charge in [0.2, 0.25) is 0 Å². The maximum absolute atomic E-state index is 13.9. The number of rotatable bonds is 2. The zero-order valence-electron chi connectivity index (χ0n) is 11.0. The molecule has 1 fully saturated rings. The first-order valence-corrected chi connectivity index (χ1v) is 6.47. The molecule has 0 radical (unpaired) electrons. The minimum atomic E-state index is -0.466. The predicted octanol–water partition coefficient (Wildman–Crippen LogP) is 2.32. The number of aryl methyl sites for hydroxylation is 1. The highest BCUT2D eigenvalue weighted by molar-refractivity contribution is 5.60. The smallest absolute Gasteiger partial charge is 0.133 e. The van der Waals surface area contributed by atoms with Crippen molar-refractivity contribution in [2.45, 2.75) is 13.0 Å². The number of imidazole rings is 1. The third kappa shape index (κ3) is 2.44. The minimum Gasteiger partial charge on any atom is -0.378 e. The molecule has 1 aliphatic rings. The number of aromatic amines is 1. The molecule has 20 heavy (non-hydrogen) atoms. The summed E-state index contributed by atoms with van der Waals surface area (Å²) in [4.78, 5) is 7.25. The van der Waals surface area contributed by atoms with E-state index >= 15 is 0 Å². The van der Waals surface area contributed by atoms with Crippen molar-refractivity contribution < 1.29 is 13.5 Å². The van der Waals surface area contributed by atoms with Gasteiger partial charge in [0, 0.05) is 12.1 Å². The van der Waals surface area contributed by atoms with Crippen LogP contribution in [0.3, 0.4) is 0 Å². The van der Waals surface area contributed by atoms with Crippen LogP contribution in [-0.4, -0.2) is 29.7 Å². The van der Waals surface area contributed by atoms with Crippen LogP contribution in [0.1, 0.15) is 17.4 Å². The molecule has 2 N–H and O–H groups in total. The van der Waals surface area contributed by atoms with Crippen molar-refractivity contribution in [1.82, 2.24) is 15.3 Å². The standard InChI is InChI=1S/C14H15F2N3O/c1-8-4-11(16)9(5-10(8)15)12-6-18-14(19-12)13-7-20-3-2-17-13/h4-6,13,17H,2-3,7H2,1H3,(H,18,19). The second-order valence-corrected chi connectivity index (χ2v) is 4.84. The Labute approximate surface area is 115 Å². The lowest BCUT2D eigenvalue weighted by atomic mass is 10.1. The van der Waals surface area contributed by atoms with E-state index in [0.29, 0.717) is 24.7 Å².